The summed E-state index contributed by atoms with van der Waals surface area (Å²) in [5, 5.41) is 18.6. The highest BCUT2D eigenvalue weighted by Gasteiger charge is 2.12. The largest absolute Gasteiger partial charge is 0.462 e. The van der Waals surface area contributed by atoms with Crippen molar-refractivity contribution in [2.24, 2.45) is 0 Å². The van der Waals surface area contributed by atoms with Gasteiger partial charge in [-0.2, -0.15) is 0 Å². The maximum Gasteiger partial charge on any atom is 0.338 e. The number of hydrogen-bond donors (Lipinski definition) is 2. The van der Waals surface area contributed by atoms with Gasteiger partial charge in [0.15, 0.2) is 0 Å². The summed E-state index contributed by atoms with van der Waals surface area (Å²) in [4.78, 5) is 14.2. The van der Waals surface area contributed by atoms with Crippen LogP contribution in [-0.2, 0) is 4.74 Å². The van der Waals surface area contributed by atoms with Gasteiger partial charge in [0.1, 0.15) is 0 Å². The molecule has 0 fully saturated rings. The second kappa shape index (κ2) is 11.9. The van der Waals surface area contributed by atoms with Crippen LogP contribution in [0.1, 0.15) is 56.3 Å². The van der Waals surface area contributed by atoms with E-state index in [-0.39, 0.29) is 18.7 Å². The first-order valence-electron chi connectivity index (χ1n) is 8.89. The molecular weight excluding hydrogens is 306 g/mol. The van der Waals surface area contributed by atoms with Gasteiger partial charge in [-0.3, -0.25) is 0 Å². The Kier molecular flexibility index (Phi) is 10.1. The average molecular weight is 337 g/mol. The summed E-state index contributed by atoms with van der Waals surface area (Å²) in [7, 11) is 0. The van der Waals surface area contributed by atoms with Crippen LogP contribution in [0.5, 0.6) is 0 Å². The first-order valence-corrected chi connectivity index (χ1v) is 8.89. The maximum absolute atomic E-state index is 12.1. The lowest BCUT2D eigenvalue weighted by Crippen LogP contribution is -2.28. The number of esters is 1. The van der Waals surface area contributed by atoms with Gasteiger partial charge in [0, 0.05) is 25.4 Å². The smallest absolute Gasteiger partial charge is 0.338 e. The van der Waals surface area contributed by atoms with Gasteiger partial charge in [0.2, 0.25) is 0 Å². The molecule has 1 atom stereocenters. The van der Waals surface area contributed by atoms with Crippen molar-refractivity contribution in [2.75, 3.05) is 31.2 Å². The van der Waals surface area contributed by atoms with E-state index in [2.05, 4.69) is 11.8 Å². The van der Waals surface area contributed by atoms with E-state index in [1.165, 1.54) is 0 Å². The third kappa shape index (κ3) is 7.79. The molecule has 0 saturated heterocycles. The molecule has 5 nitrogen and oxygen atoms in total. The van der Waals surface area contributed by atoms with E-state index in [9.17, 15) is 9.90 Å². The van der Waals surface area contributed by atoms with E-state index in [1.807, 2.05) is 18.2 Å². The van der Waals surface area contributed by atoms with Crippen LogP contribution in [0.25, 0.3) is 0 Å². The van der Waals surface area contributed by atoms with Crippen molar-refractivity contribution in [3.05, 3.63) is 29.8 Å². The van der Waals surface area contributed by atoms with Gasteiger partial charge in [-0.15, -0.1) is 0 Å². The number of unbranched alkanes of at least 4 members (excludes halogenated alkanes) is 2. The molecule has 5 heteroatoms. The molecule has 0 aliphatic heterocycles. The molecular formula is C19H31NO4. The molecule has 1 aromatic carbocycles. The highest BCUT2D eigenvalue weighted by Crippen LogP contribution is 2.18. The SMILES string of the molecule is CCCCCOC(=O)c1cccc(N(CCCO)CCC(C)O)c1. The summed E-state index contributed by atoms with van der Waals surface area (Å²) in [5.41, 5.74) is 1.45. The number of hydrogen-bond acceptors (Lipinski definition) is 5. The number of aliphatic hydroxyl groups excluding tert-OH is 2. The summed E-state index contributed by atoms with van der Waals surface area (Å²) in [6.07, 6.45) is 3.94. The molecule has 0 radical (unpaired) electrons. The van der Waals surface area contributed by atoms with Crippen LogP contribution in [0, 0.1) is 0 Å². The Balaban J connectivity index is 2.72. The molecule has 0 spiro atoms. The number of anilines is 1. The number of aliphatic hydroxyl groups is 2. The lowest BCUT2D eigenvalue weighted by molar-refractivity contribution is 0.0498. The van der Waals surface area contributed by atoms with Crippen LogP contribution < -0.4 is 4.90 Å². The predicted molar refractivity (Wildman–Crippen MR) is 96.5 cm³/mol. The molecule has 1 unspecified atom stereocenters. The Morgan fingerprint density at radius 3 is 2.71 bits per heavy atom. The highest BCUT2D eigenvalue weighted by atomic mass is 16.5. The fourth-order valence-corrected chi connectivity index (χ4v) is 2.40. The first kappa shape index (κ1) is 20.5. The average Bonchev–Trinajstić information content (AvgIpc) is 2.58. The van der Waals surface area contributed by atoms with Gasteiger partial charge in [-0.05, 0) is 44.4 Å². The molecule has 1 aromatic rings. The van der Waals surface area contributed by atoms with Gasteiger partial charge in [0.25, 0.3) is 0 Å². The van der Waals surface area contributed by atoms with Crippen molar-refractivity contribution in [1.29, 1.82) is 0 Å². The van der Waals surface area contributed by atoms with Crippen molar-refractivity contribution in [2.45, 2.75) is 52.1 Å². The molecule has 24 heavy (non-hydrogen) atoms. The summed E-state index contributed by atoms with van der Waals surface area (Å²) in [6.45, 7) is 5.79. The Morgan fingerprint density at radius 2 is 2.04 bits per heavy atom. The number of ether oxygens (including phenoxy) is 1. The number of benzene rings is 1. The van der Waals surface area contributed by atoms with Gasteiger partial charge in [0.05, 0.1) is 18.3 Å². The third-order valence-electron chi connectivity index (χ3n) is 3.83. The summed E-state index contributed by atoms with van der Waals surface area (Å²) < 4.78 is 5.31. The lowest BCUT2D eigenvalue weighted by atomic mass is 10.1. The summed E-state index contributed by atoms with van der Waals surface area (Å²) in [6, 6.07) is 7.35. The Morgan fingerprint density at radius 1 is 1.25 bits per heavy atom. The van der Waals surface area contributed by atoms with Crippen molar-refractivity contribution >= 4 is 11.7 Å². The topological polar surface area (TPSA) is 70.0 Å². The van der Waals surface area contributed by atoms with Crippen LogP contribution in [-0.4, -0.2) is 48.6 Å². The normalized spacial score (nSPS) is 12.0. The van der Waals surface area contributed by atoms with E-state index in [0.29, 0.717) is 38.1 Å². The molecule has 0 aliphatic carbocycles. The highest BCUT2D eigenvalue weighted by molar-refractivity contribution is 5.90. The van der Waals surface area contributed by atoms with Crippen LogP contribution in [0.4, 0.5) is 5.69 Å². The lowest BCUT2D eigenvalue weighted by Gasteiger charge is -2.25. The monoisotopic (exact) mass is 337 g/mol. The third-order valence-corrected chi connectivity index (χ3v) is 3.83. The molecule has 136 valence electrons. The van der Waals surface area contributed by atoms with Crippen molar-refractivity contribution in [3.63, 3.8) is 0 Å². The zero-order chi connectivity index (χ0) is 17.8. The molecule has 0 amide bonds. The minimum absolute atomic E-state index is 0.115. The van der Waals surface area contributed by atoms with Crippen molar-refractivity contribution < 1.29 is 19.7 Å². The number of rotatable bonds is 12. The molecule has 0 heterocycles. The van der Waals surface area contributed by atoms with Crippen molar-refractivity contribution in [1.82, 2.24) is 0 Å². The minimum atomic E-state index is -0.381. The van der Waals surface area contributed by atoms with Crippen molar-refractivity contribution in [3.8, 4) is 0 Å². The zero-order valence-corrected chi connectivity index (χ0v) is 14.9. The molecule has 0 bridgehead atoms. The Labute approximate surface area is 145 Å². The van der Waals surface area contributed by atoms with E-state index in [0.717, 1.165) is 24.9 Å². The van der Waals surface area contributed by atoms with Gasteiger partial charge < -0.3 is 19.8 Å². The number of carbonyl (C=O) groups is 1. The second-order valence-electron chi connectivity index (χ2n) is 6.10. The van der Waals surface area contributed by atoms with E-state index >= 15 is 0 Å². The standard InChI is InChI=1S/C19H31NO4/c1-3-4-5-14-24-19(23)17-8-6-9-18(15-17)20(11-7-13-21)12-10-16(2)22/h6,8-9,15-16,21-22H,3-5,7,10-14H2,1-2H3. The van der Waals surface area contributed by atoms with Crippen LogP contribution in [0.2, 0.25) is 0 Å². The molecule has 1 rings (SSSR count). The minimum Gasteiger partial charge on any atom is -0.462 e. The summed E-state index contributed by atoms with van der Waals surface area (Å²) >= 11 is 0. The molecule has 0 saturated carbocycles. The van der Waals surface area contributed by atoms with E-state index in [1.54, 1.807) is 13.0 Å². The summed E-state index contributed by atoms with van der Waals surface area (Å²) in [5.74, 6) is -0.300. The molecule has 0 aromatic heterocycles. The zero-order valence-electron chi connectivity index (χ0n) is 14.9. The van der Waals surface area contributed by atoms with Crippen LogP contribution >= 0.6 is 0 Å². The van der Waals surface area contributed by atoms with Gasteiger partial charge >= 0.3 is 5.97 Å². The Hall–Kier alpha value is -1.59. The Bertz CT molecular complexity index is 476. The fourth-order valence-electron chi connectivity index (χ4n) is 2.40. The van der Waals surface area contributed by atoms with Gasteiger partial charge in [-0.25, -0.2) is 4.79 Å². The maximum atomic E-state index is 12.1. The number of carbonyl (C=O) groups excluding carboxylic acids is 1. The first-order chi connectivity index (χ1) is 11.6. The van der Waals surface area contributed by atoms with E-state index < -0.39 is 0 Å². The fraction of sp³-hybridized carbons (Fsp3) is 0.632. The van der Waals surface area contributed by atoms with Gasteiger partial charge in [-0.1, -0.05) is 25.8 Å². The predicted octanol–water partition coefficient (Wildman–Crippen LogP) is 2.99. The van der Waals surface area contributed by atoms with E-state index in [4.69, 9.17) is 9.84 Å². The quantitative estimate of drug-likeness (QED) is 0.453. The second-order valence-corrected chi connectivity index (χ2v) is 6.10. The van der Waals surface area contributed by atoms with Crippen LogP contribution in [0.3, 0.4) is 0 Å². The molecule has 2 N–H and O–H groups in total. The number of nitrogens with zero attached hydrogens (tertiary/aromatic N) is 1. The van der Waals surface area contributed by atoms with Crippen LogP contribution in [0.15, 0.2) is 24.3 Å². The molecule has 0 aliphatic rings.